The molecule has 0 radical (unpaired) electrons. The number of piperidine rings is 3. The number of fused-ring (bicyclic) bond motifs is 3. The Morgan fingerprint density at radius 3 is 2.58 bits per heavy atom. The highest BCUT2D eigenvalue weighted by Gasteiger charge is 2.47. The molecule has 4 heteroatoms. The Bertz CT molecular complexity index is 641. The van der Waals surface area contributed by atoms with Gasteiger partial charge in [-0.3, -0.25) is 9.88 Å². The SMILES string of the molecule is CO[C@]1(C#CC(O)(c2ccccn2)C2CCC2)CN2CCC1CC2. The van der Waals surface area contributed by atoms with Gasteiger partial charge in [0.15, 0.2) is 5.60 Å². The first-order valence-electron chi connectivity index (χ1n) is 9.12. The topological polar surface area (TPSA) is 45.6 Å². The maximum atomic E-state index is 11.4. The predicted molar refractivity (Wildman–Crippen MR) is 92.2 cm³/mol. The molecule has 128 valence electrons. The number of rotatable bonds is 3. The van der Waals surface area contributed by atoms with E-state index in [2.05, 4.69) is 21.7 Å². The van der Waals surface area contributed by atoms with Crippen LogP contribution in [0, 0.1) is 23.7 Å². The number of pyridine rings is 1. The van der Waals surface area contributed by atoms with Gasteiger partial charge in [0.05, 0.1) is 5.69 Å². The summed E-state index contributed by atoms with van der Waals surface area (Å²) >= 11 is 0. The standard InChI is InChI=1S/C20H26N2O2/c1-24-19(15-22-13-8-16(19)9-14-22)10-11-20(23,17-5-4-6-17)18-7-2-3-12-21-18/h2-3,7,12,16-17,23H,4-6,8-9,13-15H2,1H3/t19-,20?/m1/s1. The van der Waals surface area contributed by atoms with E-state index in [9.17, 15) is 5.11 Å². The van der Waals surface area contributed by atoms with Gasteiger partial charge in [-0.05, 0) is 50.9 Å². The average Bonchev–Trinajstić information content (AvgIpc) is 2.60. The Kier molecular flexibility index (Phi) is 4.12. The van der Waals surface area contributed by atoms with Gasteiger partial charge in [-0.1, -0.05) is 24.3 Å². The van der Waals surface area contributed by atoms with Gasteiger partial charge >= 0.3 is 0 Å². The molecule has 4 nitrogen and oxygen atoms in total. The number of aliphatic hydroxyl groups is 1. The molecule has 5 rings (SSSR count). The summed E-state index contributed by atoms with van der Waals surface area (Å²) in [4.78, 5) is 6.84. The molecule has 1 N–H and O–H groups in total. The van der Waals surface area contributed by atoms with Crippen LogP contribution >= 0.6 is 0 Å². The van der Waals surface area contributed by atoms with Crippen LogP contribution in [0.3, 0.4) is 0 Å². The second kappa shape index (κ2) is 6.15. The zero-order valence-corrected chi connectivity index (χ0v) is 14.4. The van der Waals surface area contributed by atoms with E-state index in [4.69, 9.17) is 4.74 Å². The molecule has 1 aromatic rings. The average molecular weight is 326 g/mol. The minimum absolute atomic E-state index is 0.176. The Balaban J connectivity index is 1.69. The first kappa shape index (κ1) is 16.1. The largest absolute Gasteiger partial charge is 0.372 e. The van der Waals surface area contributed by atoms with E-state index < -0.39 is 11.2 Å². The van der Waals surface area contributed by atoms with Gasteiger partial charge in [0, 0.05) is 31.7 Å². The lowest BCUT2D eigenvalue weighted by molar-refractivity contribution is -0.0969. The van der Waals surface area contributed by atoms with Crippen molar-refractivity contribution in [2.45, 2.75) is 43.3 Å². The van der Waals surface area contributed by atoms with Crippen molar-refractivity contribution in [2.24, 2.45) is 11.8 Å². The van der Waals surface area contributed by atoms with Crippen LogP contribution in [0.15, 0.2) is 24.4 Å². The van der Waals surface area contributed by atoms with E-state index in [1.54, 1.807) is 13.3 Å². The van der Waals surface area contributed by atoms with E-state index in [1.807, 2.05) is 18.2 Å². The molecule has 1 aromatic heterocycles. The third kappa shape index (κ3) is 2.56. The molecular formula is C20H26N2O2. The second-order valence-electron chi connectivity index (χ2n) is 7.50. The monoisotopic (exact) mass is 326 g/mol. The van der Waals surface area contributed by atoms with Crippen molar-refractivity contribution in [3.8, 4) is 11.8 Å². The smallest absolute Gasteiger partial charge is 0.170 e. The van der Waals surface area contributed by atoms with Crippen LogP contribution in [0.4, 0.5) is 0 Å². The van der Waals surface area contributed by atoms with Crippen molar-refractivity contribution in [1.29, 1.82) is 0 Å². The van der Waals surface area contributed by atoms with Gasteiger partial charge in [-0.15, -0.1) is 0 Å². The predicted octanol–water partition coefficient (Wildman–Crippen LogP) is 2.18. The normalized spacial score (nSPS) is 34.8. The number of hydrogen-bond donors (Lipinski definition) is 1. The molecule has 1 unspecified atom stereocenters. The summed E-state index contributed by atoms with van der Waals surface area (Å²) < 4.78 is 5.93. The van der Waals surface area contributed by atoms with Gasteiger partial charge < -0.3 is 9.84 Å². The highest BCUT2D eigenvalue weighted by Crippen LogP contribution is 2.43. The zero-order chi connectivity index (χ0) is 16.6. The lowest BCUT2D eigenvalue weighted by Gasteiger charge is -2.50. The van der Waals surface area contributed by atoms with Crippen molar-refractivity contribution < 1.29 is 9.84 Å². The highest BCUT2D eigenvalue weighted by atomic mass is 16.5. The van der Waals surface area contributed by atoms with E-state index in [0.29, 0.717) is 11.6 Å². The van der Waals surface area contributed by atoms with E-state index >= 15 is 0 Å². The molecule has 24 heavy (non-hydrogen) atoms. The summed E-state index contributed by atoms with van der Waals surface area (Å²) in [5, 5.41) is 11.4. The molecule has 4 aliphatic rings. The summed E-state index contributed by atoms with van der Waals surface area (Å²) in [7, 11) is 1.76. The van der Waals surface area contributed by atoms with E-state index in [0.717, 1.165) is 51.7 Å². The van der Waals surface area contributed by atoms with Crippen LogP contribution in [-0.4, -0.2) is 47.3 Å². The van der Waals surface area contributed by atoms with Crippen LogP contribution < -0.4 is 0 Å². The summed E-state index contributed by atoms with van der Waals surface area (Å²) in [6.07, 6.45) is 7.19. The quantitative estimate of drug-likeness (QED) is 0.865. The fraction of sp³-hybridized carbons (Fsp3) is 0.650. The van der Waals surface area contributed by atoms with E-state index in [1.165, 1.54) is 0 Å². The molecule has 3 aliphatic heterocycles. The summed E-state index contributed by atoms with van der Waals surface area (Å²) in [5.74, 6) is 7.30. The van der Waals surface area contributed by atoms with E-state index in [-0.39, 0.29) is 5.92 Å². The maximum Gasteiger partial charge on any atom is 0.170 e. The van der Waals surface area contributed by atoms with Gasteiger partial charge in [-0.2, -0.15) is 0 Å². The first-order chi connectivity index (χ1) is 11.7. The van der Waals surface area contributed by atoms with Gasteiger partial charge in [0.1, 0.15) is 5.60 Å². The number of hydrogen-bond acceptors (Lipinski definition) is 4. The molecule has 2 atom stereocenters. The van der Waals surface area contributed by atoms with Crippen molar-refractivity contribution in [3.63, 3.8) is 0 Å². The molecule has 4 fully saturated rings. The van der Waals surface area contributed by atoms with Crippen LogP contribution in [-0.2, 0) is 10.3 Å². The van der Waals surface area contributed by atoms with Crippen molar-refractivity contribution in [3.05, 3.63) is 30.1 Å². The maximum absolute atomic E-state index is 11.4. The fourth-order valence-corrected chi connectivity index (χ4v) is 4.43. The first-order valence-corrected chi connectivity index (χ1v) is 9.12. The van der Waals surface area contributed by atoms with Crippen LogP contribution in [0.25, 0.3) is 0 Å². The second-order valence-corrected chi connectivity index (χ2v) is 7.50. The fourth-order valence-electron chi connectivity index (χ4n) is 4.43. The summed E-state index contributed by atoms with van der Waals surface area (Å²) in [6.45, 7) is 3.14. The number of aromatic nitrogens is 1. The van der Waals surface area contributed by atoms with Crippen molar-refractivity contribution in [1.82, 2.24) is 9.88 Å². The summed E-state index contributed by atoms with van der Waals surface area (Å²) in [6, 6.07) is 5.69. The van der Waals surface area contributed by atoms with Gasteiger partial charge in [0.2, 0.25) is 0 Å². The minimum Gasteiger partial charge on any atom is -0.372 e. The Hall–Kier alpha value is -1.41. The Morgan fingerprint density at radius 1 is 1.29 bits per heavy atom. The number of methoxy groups -OCH3 is 1. The number of nitrogens with zero attached hydrogens (tertiary/aromatic N) is 2. The van der Waals surface area contributed by atoms with Crippen LogP contribution in [0.2, 0.25) is 0 Å². The Morgan fingerprint density at radius 2 is 2.08 bits per heavy atom. The van der Waals surface area contributed by atoms with Crippen LogP contribution in [0.5, 0.6) is 0 Å². The lowest BCUT2D eigenvalue weighted by atomic mass is 9.70. The molecule has 0 amide bonds. The molecule has 2 bridgehead atoms. The van der Waals surface area contributed by atoms with Gasteiger partial charge in [-0.25, -0.2) is 0 Å². The zero-order valence-electron chi connectivity index (χ0n) is 14.4. The molecule has 0 aromatic carbocycles. The van der Waals surface area contributed by atoms with Crippen molar-refractivity contribution in [2.75, 3.05) is 26.7 Å². The number of ether oxygens (including phenoxy) is 1. The minimum atomic E-state index is -1.16. The highest BCUT2D eigenvalue weighted by molar-refractivity contribution is 5.33. The molecular weight excluding hydrogens is 300 g/mol. The molecule has 4 heterocycles. The van der Waals surface area contributed by atoms with Crippen molar-refractivity contribution >= 4 is 0 Å². The molecule has 0 spiro atoms. The third-order valence-electron chi connectivity index (χ3n) is 6.29. The Labute approximate surface area is 144 Å². The van der Waals surface area contributed by atoms with Crippen LogP contribution in [0.1, 0.15) is 37.8 Å². The molecule has 1 aliphatic carbocycles. The molecule has 1 saturated carbocycles. The van der Waals surface area contributed by atoms with Gasteiger partial charge in [0.25, 0.3) is 0 Å². The molecule has 3 saturated heterocycles. The third-order valence-corrected chi connectivity index (χ3v) is 6.29. The lowest BCUT2D eigenvalue weighted by Crippen LogP contribution is -2.59. The summed E-state index contributed by atoms with van der Waals surface area (Å²) in [5.41, 5.74) is -0.921.